The summed E-state index contributed by atoms with van der Waals surface area (Å²) in [5.74, 6) is 0.195. The lowest BCUT2D eigenvalue weighted by atomic mass is 10.1. The van der Waals surface area contributed by atoms with Crippen molar-refractivity contribution in [1.82, 2.24) is 14.5 Å². The van der Waals surface area contributed by atoms with E-state index in [1.165, 1.54) is 0 Å². The molecule has 1 N–H and O–H groups in total. The number of nitrogens with one attached hydrogen (secondary N) is 1. The fourth-order valence-electron chi connectivity index (χ4n) is 3.90. The number of carbonyl (C=O) groups excluding carboxylic acids is 2. The van der Waals surface area contributed by atoms with E-state index in [-0.39, 0.29) is 16.2 Å². The summed E-state index contributed by atoms with van der Waals surface area (Å²) in [6, 6.07) is 9.60. The number of ether oxygens (including phenoxy) is 1. The van der Waals surface area contributed by atoms with Crippen LogP contribution in [0.5, 0.6) is 0 Å². The summed E-state index contributed by atoms with van der Waals surface area (Å²) in [6.07, 6.45) is 1.92. The second-order valence-electron chi connectivity index (χ2n) is 7.78. The molecule has 4 aromatic rings. The molecule has 0 amide bonds. The van der Waals surface area contributed by atoms with E-state index in [4.69, 9.17) is 4.74 Å². The van der Waals surface area contributed by atoms with Gasteiger partial charge in [-0.2, -0.15) is 11.8 Å². The molecule has 176 valence electrons. The molecule has 1 aromatic carbocycles. The van der Waals surface area contributed by atoms with Gasteiger partial charge in [-0.3, -0.25) is 9.59 Å². The number of aromatic amines is 1. The summed E-state index contributed by atoms with van der Waals surface area (Å²) in [6.45, 7) is 5.09. The summed E-state index contributed by atoms with van der Waals surface area (Å²) in [7, 11) is 0. The number of halogens is 1. The highest BCUT2D eigenvalue weighted by Crippen LogP contribution is 2.28. The minimum absolute atomic E-state index is 0.279. The number of ketones is 1. The van der Waals surface area contributed by atoms with E-state index < -0.39 is 12.6 Å². The molecular formula is C24H22BrN3O4S2. The van der Waals surface area contributed by atoms with Crippen LogP contribution < -0.4 is 5.56 Å². The maximum atomic E-state index is 12.9. The zero-order chi connectivity index (χ0) is 24.6. The van der Waals surface area contributed by atoms with Gasteiger partial charge in [0, 0.05) is 27.1 Å². The van der Waals surface area contributed by atoms with E-state index in [9.17, 15) is 14.4 Å². The lowest BCUT2D eigenvalue weighted by molar-refractivity contribution is 0.0479. The van der Waals surface area contributed by atoms with Crippen molar-refractivity contribution in [2.24, 2.45) is 0 Å². The zero-order valence-electron chi connectivity index (χ0n) is 19.0. The Morgan fingerprint density at radius 1 is 1.21 bits per heavy atom. The largest absolute Gasteiger partial charge is 0.453 e. The Labute approximate surface area is 212 Å². The number of aromatic nitrogens is 3. The van der Waals surface area contributed by atoms with Gasteiger partial charge in [-0.1, -0.05) is 15.9 Å². The molecule has 10 heteroatoms. The van der Waals surface area contributed by atoms with Crippen molar-refractivity contribution in [3.05, 3.63) is 78.4 Å². The van der Waals surface area contributed by atoms with Gasteiger partial charge in [-0.15, -0.1) is 11.3 Å². The molecule has 0 bridgehead atoms. The van der Waals surface area contributed by atoms with Crippen LogP contribution >= 0.6 is 39.0 Å². The maximum Gasteiger partial charge on any atom is 0.349 e. The third-order valence-electron chi connectivity index (χ3n) is 5.47. The van der Waals surface area contributed by atoms with Crippen molar-refractivity contribution in [1.29, 1.82) is 0 Å². The van der Waals surface area contributed by atoms with Crippen LogP contribution in [0.15, 0.2) is 39.6 Å². The number of fused-ring (bicyclic) bond motifs is 1. The predicted molar refractivity (Wildman–Crippen MR) is 140 cm³/mol. The molecule has 7 nitrogen and oxygen atoms in total. The third-order valence-corrected chi connectivity index (χ3v) is 7.72. The molecule has 0 spiro atoms. The molecule has 0 radical (unpaired) electrons. The number of thiophene rings is 1. The van der Waals surface area contributed by atoms with Crippen LogP contribution in [-0.4, -0.2) is 39.2 Å². The van der Waals surface area contributed by atoms with Crippen LogP contribution in [0.2, 0.25) is 0 Å². The van der Waals surface area contributed by atoms with Crippen LogP contribution in [0.4, 0.5) is 0 Å². The van der Waals surface area contributed by atoms with Crippen molar-refractivity contribution in [3.8, 4) is 5.69 Å². The van der Waals surface area contributed by atoms with E-state index in [2.05, 4.69) is 25.9 Å². The van der Waals surface area contributed by atoms with Gasteiger partial charge in [0.15, 0.2) is 6.61 Å². The maximum absolute atomic E-state index is 12.9. The molecule has 0 unspecified atom stereocenters. The number of H-pyrrole nitrogens is 1. The molecule has 3 heterocycles. The monoisotopic (exact) mass is 559 g/mol. The van der Waals surface area contributed by atoms with Crippen LogP contribution in [0.1, 0.15) is 42.8 Å². The van der Waals surface area contributed by atoms with Crippen molar-refractivity contribution in [2.75, 3.05) is 12.9 Å². The van der Waals surface area contributed by atoms with Crippen LogP contribution in [0, 0.1) is 20.8 Å². The molecule has 0 aliphatic heterocycles. The first kappa shape index (κ1) is 24.4. The lowest BCUT2D eigenvalue weighted by Gasteiger charge is -2.10. The van der Waals surface area contributed by atoms with E-state index in [0.717, 1.165) is 32.9 Å². The van der Waals surface area contributed by atoms with Gasteiger partial charge < -0.3 is 14.3 Å². The SMILES string of the molecule is CSCc1nc2sc(C(=O)OCC(=O)c3cc(C)n(-c4ccc(Br)cc4)c3C)c(C)c2c(=O)[nH]1. The summed E-state index contributed by atoms with van der Waals surface area (Å²) >= 11 is 6.08. The Balaban J connectivity index is 1.54. The summed E-state index contributed by atoms with van der Waals surface area (Å²) < 4.78 is 8.32. The van der Waals surface area contributed by atoms with Gasteiger partial charge in [-0.25, -0.2) is 9.78 Å². The minimum Gasteiger partial charge on any atom is -0.453 e. The third kappa shape index (κ3) is 4.62. The van der Waals surface area contributed by atoms with Gasteiger partial charge in [0.25, 0.3) is 5.56 Å². The number of Topliss-reactive ketones (excluding diaryl/α,β-unsaturated/α-hetero) is 1. The molecule has 0 atom stereocenters. The van der Waals surface area contributed by atoms with Gasteiger partial charge in [-0.05, 0) is 62.9 Å². The van der Waals surface area contributed by atoms with Crippen molar-refractivity contribution >= 4 is 61.0 Å². The Bertz CT molecular complexity index is 1470. The Hall–Kier alpha value is -2.69. The molecule has 4 rings (SSSR count). The smallest absolute Gasteiger partial charge is 0.349 e. The molecular weight excluding hydrogens is 538 g/mol. The number of carbonyl (C=O) groups is 2. The Kier molecular flexibility index (Phi) is 7.11. The average Bonchev–Trinajstić information content (AvgIpc) is 3.29. The highest BCUT2D eigenvalue weighted by molar-refractivity contribution is 9.10. The number of benzene rings is 1. The van der Waals surface area contributed by atoms with Gasteiger partial charge in [0.2, 0.25) is 5.78 Å². The van der Waals surface area contributed by atoms with Gasteiger partial charge in [0.1, 0.15) is 15.5 Å². The first-order valence-electron chi connectivity index (χ1n) is 10.4. The van der Waals surface area contributed by atoms with Crippen LogP contribution in [0.3, 0.4) is 0 Å². The fourth-order valence-corrected chi connectivity index (χ4v) is 5.66. The standard InChI is InChI=1S/C24H22BrN3O4S2/c1-12-9-17(14(3)28(12)16-7-5-15(25)6-8-16)18(29)10-32-24(31)21-13(2)20-22(30)26-19(11-33-4)27-23(20)34-21/h5-9H,10-11H2,1-4H3,(H,26,27,30). The summed E-state index contributed by atoms with van der Waals surface area (Å²) in [5, 5.41) is 0.381. The molecule has 0 aliphatic rings. The zero-order valence-corrected chi connectivity index (χ0v) is 22.2. The van der Waals surface area contributed by atoms with Gasteiger partial charge >= 0.3 is 5.97 Å². The number of hydrogen-bond acceptors (Lipinski definition) is 7. The van der Waals surface area contributed by atoms with Gasteiger partial charge in [0.05, 0.1) is 11.1 Å². The topological polar surface area (TPSA) is 94.0 Å². The molecule has 0 saturated carbocycles. The van der Waals surface area contributed by atoms with E-state index in [1.54, 1.807) is 24.8 Å². The molecule has 3 aromatic heterocycles. The number of rotatable bonds is 7. The quantitative estimate of drug-likeness (QED) is 0.242. The number of aryl methyl sites for hydroxylation is 2. The minimum atomic E-state index is -0.638. The molecule has 34 heavy (non-hydrogen) atoms. The highest BCUT2D eigenvalue weighted by Gasteiger charge is 2.23. The summed E-state index contributed by atoms with van der Waals surface area (Å²) in [5.41, 5.74) is 3.35. The van der Waals surface area contributed by atoms with Crippen LogP contribution in [0.25, 0.3) is 15.9 Å². The normalized spacial score (nSPS) is 11.2. The van der Waals surface area contributed by atoms with Crippen molar-refractivity contribution in [3.63, 3.8) is 0 Å². The summed E-state index contributed by atoms with van der Waals surface area (Å²) in [4.78, 5) is 46.2. The Morgan fingerprint density at radius 3 is 2.59 bits per heavy atom. The van der Waals surface area contributed by atoms with E-state index in [1.807, 2.05) is 48.9 Å². The average molecular weight is 560 g/mol. The second-order valence-corrected chi connectivity index (χ2v) is 10.6. The first-order valence-corrected chi connectivity index (χ1v) is 13.4. The predicted octanol–water partition coefficient (Wildman–Crippen LogP) is 5.37. The number of thioether (sulfide) groups is 1. The van der Waals surface area contributed by atoms with E-state index in [0.29, 0.717) is 32.9 Å². The molecule has 0 aliphatic carbocycles. The second kappa shape index (κ2) is 9.89. The number of nitrogens with zero attached hydrogens (tertiary/aromatic N) is 2. The van der Waals surface area contributed by atoms with Crippen molar-refractivity contribution in [2.45, 2.75) is 26.5 Å². The van der Waals surface area contributed by atoms with Crippen molar-refractivity contribution < 1.29 is 14.3 Å². The Morgan fingerprint density at radius 2 is 1.91 bits per heavy atom. The molecule has 0 fully saturated rings. The van der Waals surface area contributed by atoms with E-state index >= 15 is 0 Å². The lowest BCUT2D eigenvalue weighted by Crippen LogP contribution is -2.15. The number of hydrogen-bond donors (Lipinski definition) is 1. The molecule has 0 saturated heterocycles. The van der Waals surface area contributed by atoms with Crippen LogP contribution in [-0.2, 0) is 10.5 Å². The first-order chi connectivity index (χ1) is 16.2. The highest BCUT2D eigenvalue weighted by atomic mass is 79.9. The fraction of sp³-hybridized carbons (Fsp3) is 0.250. The number of esters is 1.